The first kappa shape index (κ1) is 13.4. The van der Waals surface area contributed by atoms with Gasteiger partial charge in [0.05, 0.1) is 6.54 Å². The lowest BCUT2D eigenvalue weighted by Gasteiger charge is -2.17. The number of likely N-dealkylation sites (N-methyl/N-ethyl adjacent to an activating group) is 1. The average Bonchev–Trinajstić information content (AvgIpc) is 2.00. The second-order valence-corrected chi connectivity index (χ2v) is 3.62. The molecule has 0 bridgehead atoms. The van der Waals surface area contributed by atoms with Crippen LogP contribution in [-0.4, -0.2) is 41.4 Å². The fourth-order valence-electron chi connectivity index (χ4n) is 1.15. The maximum absolute atomic E-state index is 11.4. The summed E-state index contributed by atoms with van der Waals surface area (Å²) in [5.74, 6) is -2.04. The molecule has 0 aromatic rings. The number of aliphatic carboxylic acids is 1. The Kier molecular flexibility index (Phi) is 5.36. The lowest BCUT2D eigenvalue weighted by atomic mass is 10.0. The van der Waals surface area contributed by atoms with Gasteiger partial charge in [0, 0.05) is 19.9 Å². The number of amides is 2. The highest BCUT2D eigenvalue weighted by Gasteiger charge is 2.16. The van der Waals surface area contributed by atoms with Crippen LogP contribution in [0.25, 0.3) is 0 Å². The maximum Gasteiger partial charge on any atom is 0.303 e. The van der Waals surface area contributed by atoms with E-state index in [1.807, 2.05) is 0 Å². The van der Waals surface area contributed by atoms with E-state index in [-0.39, 0.29) is 31.2 Å². The molecule has 1 atom stereocenters. The van der Waals surface area contributed by atoms with Gasteiger partial charge in [-0.25, -0.2) is 0 Å². The Morgan fingerprint density at radius 3 is 2.27 bits per heavy atom. The van der Waals surface area contributed by atoms with E-state index in [0.717, 1.165) is 0 Å². The van der Waals surface area contributed by atoms with Gasteiger partial charge in [0.25, 0.3) is 0 Å². The van der Waals surface area contributed by atoms with Gasteiger partial charge < -0.3 is 15.7 Å². The highest BCUT2D eigenvalue weighted by atomic mass is 16.4. The third-order valence-corrected chi connectivity index (χ3v) is 1.86. The zero-order valence-electron chi connectivity index (χ0n) is 8.90. The van der Waals surface area contributed by atoms with Gasteiger partial charge in [-0.1, -0.05) is 6.92 Å². The van der Waals surface area contributed by atoms with Gasteiger partial charge in [-0.15, -0.1) is 0 Å². The summed E-state index contributed by atoms with van der Waals surface area (Å²) in [6.07, 6.45) is 0.0478. The molecule has 0 saturated heterocycles. The van der Waals surface area contributed by atoms with Crippen LogP contribution in [0.1, 0.15) is 19.8 Å². The van der Waals surface area contributed by atoms with Crippen molar-refractivity contribution in [2.24, 2.45) is 11.7 Å². The van der Waals surface area contributed by atoms with E-state index in [9.17, 15) is 14.4 Å². The molecule has 15 heavy (non-hydrogen) atoms. The number of primary amides is 1. The number of carboxylic acids is 1. The first-order valence-electron chi connectivity index (χ1n) is 4.57. The summed E-state index contributed by atoms with van der Waals surface area (Å²) in [5, 5.41) is 8.48. The van der Waals surface area contributed by atoms with Crippen molar-refractivity contribution in [3.8, 4) is 0 Å². The summed E-state index contributed by atoms with van der Waals surface area (Å²) < 4.78 is 0. The van der Waals surface area contributed by atoms with Gasteiger partial charge in [0.2, 0.25) is 11.8 Å². The number of hydrogen-bond donors (Lipinski definition) is 2. The maximum atomic E-state index is 11.4. The molecule has 0 aliphatic rings. The number of nitrogens with zero attached hydrogens (tertiary/aromatic N) is 1. The molecule has 0 spiro atoms. The molecule has 0 aromatic carbocycles. The van der Waals surface area contributed by atoms with E-state index >= 15 is 0 Å². The lowest BCUT2D eigenvalue weighted by Crippen LogP contribution is -2.36. The molecule has 1 unspecified atom stereocenters. The molecule has 0 aromatic heterocycles. The average molecular weight is 216 g/mol. The van der Waals surface area contributed by atoms with Crippen LogP contribution >= 0.6 is 0 Å². The summed E-state index contributed by atoms with van der Waals surface area (Å²) in [4.78, 5) is 33.4. The molecule has 86 valence electrons. The smallest absolute Gasteiger partial charge is 0.303 e. The van der Waals surface area contributed by atoms with Crippen molar-refractivity contribution in [1.82, 2.24) is 4.90 Å². The van der Waals surface area contributed by atoms with E-state index in [1.54, 1.807) is 6.92 Å². The summed E-state index contributed by atoms with van der Waals surface area (Å²) in [7, 11) is 1.46. The van der Waals surface area contributed by atoms with E-state index in [4.69, 9.17) is 10.8 Å². The third-order valence-electron chi connectivity index (χ3n) is 1.86. The van der Waals surface area contributed by atoms with Crippen LogP contribution in [0.15, 0.2) is 0 Å². The molecular formula is C9H16N2O4. The highest BCUT2D eigenvalue weighted by Crippen LogP contribution is 2.08. The minimum atomic E-state index is -0.937. The Labute approximate surface area is 88.0 Å². The van der Waals surface area contributed by atoms with Crippen molar-refractivity contribution in [1.29, 1.82) is 0 Å². The molecule has 2 amide bonds. The molecule has 0 fully saturated rings. The first-order valence-corrected chi connectivity index (χ1v) is 4.57. The van der Waals surface area contributed by atoms with Crippen molar-refractivity contribution in [3.05, 3.63) is 0 Å². The van der Waals surface area contributed by atoms with Gasteiger partial charge in [-0.3, -0.25) is 14.4 Å². The Hall–Kier alpha value is -1.59. The second-order valence-electron chi connectivity index (χ2n) is 3.62. The van der Waals surface area contributed by atoms with Crippen molar-refractivity contribution >= 4 is 17.8 Å². The van der Waals surface area contributed by atoms with Gasteiger partial charge in [0.15, 0.2) is 0 Å². The van der Waals surface area contributed by atoms with Crippen molar-refractivity contribution in [2.45, 2.75) is 19.8 Å². The van der Waals surface area contributed by atoms with E-state index < -0.39 is 11.9 Å². The monoisotopic (exact) mass is 216 g/mol. The Morgan fingerprint density at radius 2 is 1.87 bits per heavy atom. The predicted molar refractivity (Wildman–Crippen MR) is 52.9 cm³/mol. The number of carbonyl (C=O) groups excluding carboxylic acids is 2. The van der Waals surface area contributed by atoms with Crippen LogP contribution in [-0.2, 0) is 14.4 Å². The molecular weight excluding hydrogens is 200 g/mol. The molecule has 0 aliphatic carbocycles. The molecule has 0 aliphatic heterocycles. The largest absolute Gasteiger partial charge is 0.481 e. The Balaban J connectivity index is 4.01. The van der Waals surface area contributed by atoms with E-state index in [0.29, 0.717) is 0 Å². The number of nitrogens with two attached hydrogens (primary N) is 1. The third kappa shape index (κ3) is 6.48. The standard InChI is InChI=1S/C9H16N2O4/c1-6(4-9(14)15)3-8(13)11(2)5-7(10)12/h6H,3-5H2,1-2H3,(H2,10,12)(H,14,15). The number of rotatable bonds is 6. The van der Waals surface area contributed by atoms with Gasteiger partial charge in [0.1, 0.15) is 0 Å². The molecule has 6 nitrogen and oxygen atoms in total. The Morgan fingerprint density at radius 1 is 1.33 bits per heavy atom. The quantitative estimate of drug-likeness (QED) is 0.620. The minimum absolute atomic E-state index is 0.0594. The first-order chi connectivity index (χ1) is 6.82. The zero-order valence-corrected chi connectivity index (χ0v) is 8.90. The minimum Gasteiger partial charge on any atom is -0.481 e. The summed E-state index contributed by atoms with van der Waals surface area (Å²) in [6, 6.07) is 0. The lowest BCUT2D eigenvalue weighted by molar-refractivity contribution is -0.139. The number of carbonyl (C=O) groups is 3. The second kappa shape index (κ2) is 6.00. The zero-order chi connectivity index (χ0) is 12.0. The SMILES string of the molecule is CC(CC(=O)O)CC(=O)N(C)CC(N)=O. The van der Waals surface area contributed by atoms with E-state index in [2.05, 4.69) is 0 Å². The highest BCUT2D eigenvalue weighted by molar-refractivity contribution is 5.83. The van der Waals surface area contributed by atoms with Gasteiger partial charge >= 0.3 is 5.97 Å². The van der Waals surface area contributed by atoms with Crippen LogP contribution in [0.2, 0.25) is 0 Å². The van der Waals surface area contributed by atoms with Crippen molar-refractivity contribution in [2.75, 3.05) is 13.6 Å². The molecule has 6 heteroatoms. The summed E-state index contributed by atoms with van der Waals surface area (Å²) in [6.45, 7) is 1.53. The van der Waals surface area contributed by atoms with Gasteiger partial charge in [-0.05, 0) is 5.92 Å². The summed E-state index contributed by atoms with van der Waals surface area (Å²) >= 11 is 0. The molecule has 0 saturated carbocycles. The molecule has 3 N–H and O–H groups in total. The molecule has 0 rings (SSSR count). The van der Waals surface area contributed by atoms with E-state index in [1.165, 1.54) is 11.9 Å². The number of hydrogen-bond acceptors (Lipinski definition) is 3. The fraction of sp³-hybridized carbons (Fsp3) is 0.667. The van der Waals surface area contributed by atoms with Crippen molar-refractivity contribution < 1.29 is 19.5 Å². The number of carboxylic acid groups (broad SMARTS) is 1. The van der Waals surface area contributed by atoms with Crippen LogP contribution in [0.5, 0.6) is 0 Å². The summed E-state index contributed by atoms with van der Waals surface area (Å²) in [5.41, 5.74) is 4.92. The Bertz CT molecular complexity index is 265. The van der Waals surface area contributed by atoms with Crippen LogP contribution in [0, 0.1) is 5.92 Å². The van der Waals surface area contributed by atoms with Crippen LogP contribution in [0.3, 0.4) is 0 Å². The normalized spacial score (nSPS) is 11.9. The molecule has 0 heterocycles. The van der Waals surface area contributed by atoms with Crippen molar-refractivity contribution in [3.63, 3.8) is 0 Å². The molecule has 0 radical (unpaired) electrons. The van der Waals surface area contributed by atoms with Crippen LogP contribution in [0.4, 0.5) is 0 Å². The van der Waals surface area contributed by atoms with Crippen LogP contribution < -0.4 is 5.73 Å². The topological polar surface area (TPSA) is 101 Å². The predicted octanol–water partition coefficient (Wildman–Crippen LogP) is -0.569. The fourth-order valence-corrected chi connectivity index (χ4v) is 1.15. The van der Waals surface area contributed by atoms with Gasteiger partial charge in [-0.2, -0.15) is 0 Å².